The van der Waals surface area contributed by atoms with Gasteiger partial charge in [0, 0.05) is 13.1 Å². The fraction of sp³-hybridized carbons (Fsp3) is 0.933. The Hall–Kier alpha value is -0.570. The molecular weight excluding hydrogens is 224 g/mol. The minimum Gasteiger partial charge on any atom is -0.340 e. The molecule has 0 aromatic heterocycles. The lowest BCUT2D eigenvalue weighted by molar-refractivity contribution is -0.148. The summed E-state index contributed by atoms with van der Waals surface area (Å²) in [5.41, 5.74) is -0.0125. The van der Waals surface area contributed by atoms with Gasteiger partial charge in [-0.15, -0.1) is 0 Å². The lowest BCUT2D eigenvalue weighted by Gasteiger charge is -2.52. The van der Waals surface area contributed by atoms with E-state index in [2.05, 4.69) is 31.0 Å². The Morgan fingerprint density at radius 3 is 2.50 bits per heavy atom. The van der Waals surface area contributed by atoms with Crippen LogP contribution >= 0.6 is 0 Å². The maximum atomic E-state index is 12.5. The molecule has 2 saturated heterocycles. The number of rotatable bonds is 1. The van der Waals surface area contributed by atoms with Crippen LogP contribution in [-0.4, -0.2) is 30.1 Å². The fourth-order valence-electron chi connectivity index (χ4n) is 4.43. The van der Waals surface area contributed by atoms with Gasteiger partial charge in [-0.1, -0.05) is 27.2 Å². The van der Waals surface area contributed by atoms with E-state index in [4.69, 9.17) is 0 Å². The molecule has 3 atom stereocenters. The van der Waals surface area contributed by atoms with Crippen molar-refractivity contribution >= 4 is 5.91 Å². The summed E-state index contributed by atoms with van der Waals surface area (Å²) in [6.07, 6.45) is 6.48. The molecule has 3 heteroatoms. The van der Waals surface area contributed by atoms with Crippen molar-refractivity contribution in [2.75, 3.05) is 13.1 Å². The number of fused-ring (bicyclic) bond motifs is 2. The Morgan fingerprint density at radius 1 is 1.17 bits per heavy atom. The summed E-state index contributed by atoms with van der Waals surface area (Å²) < 4.78 is 0. The molecule has 2 bridgehead atoms. The number of nitrogens with one attached hydrogen (secondary N) is 1. The summed E-state index contributed by atoms with van der Waals surface area (Å²) in [5, 5.41) is 3.33. The number of amides is 1. The Kier molecular flexibility index (Phi) is 2.74. The Morgan fingerprint density at radius 2 is 1.83 bits per heavy atom. The molecule has 1 saturated carbocycles. The highest BCUT2D eigenvalue weighted by molar-refractivity contribution is 5.85. The second-order valence-corrected chi connectivity index (χ2v) is 7.21. The molecule has 3 nitrogen and oxygen atoms in total. The van der Waals surface area contributed by atoms with Crippen LogP contribution < -0.4 is 5.32 Å². The van der Waals surface area contributed by atoms with Crippen LogP contribution in [0, 0.1) is 16.7 Å². The maximum absolute atomic E-state index is 12.5. The molecule has 102 valence electrons. The molecule has 0 spiro atoms. The third kappa shape index (κ3) is 1.49. The molecule has 1 N–H and O–H groups in total. The molecule has 2 aliphatic heterocycles. The van der Waals surface area contributed by atoms with Crippen molar-refractivity contribution in [2.45, 2.75) is 59.0 Å². The van der Waals surface area contributed by atoms with E-state index in [0.29, 0.717) is 12.1 Å². The van der Waals surface area contributed by atoms with Crippen LogP contribution in [0.25, 0.3) is 0 Å². The minimum atomic E-state index is -0.149. The lowest BCUT2D eigenvalue weighted by atomic mass is 9.62. The van der Waals surface area contributed by atoms with Crippen molar-refractivity contribution in [2.24, 2.45) is 16.7 Å². The number of hydrogen-bond donors (Lipinski definition) is 1. The zero-order chi connectivity index (χ0) is 13.0. The average Bonchev–Trinajstić information content (AvgIpc) is 2.51. The number of likely N-dealkylation sites (tertiary alicyclic amines) is 1. The molecule has 18 heavy (non-hydrogen) atoms. The first-order chi connectivity index (χ1) is 8.47. The maximum Gasteiger partial charge on any atom is 0.227 e. The quantitative estimate of drug-likeness (QED) is 0.775. The van der Waals surface area contributed by atoms with Crippen LogP contribution in [0.3, 0.4) is 0 Å². The van der Waals surface area contributed by atoms with Crippen molar-refractivity contribution in [1.82, 2.24) is 10.2 Å². The van der Waals surface area contributed by atoms with Gasteiger partial charge in [-0.2, -0.15) is 0 Å². The van der Waals surface area contributed by atoms with E-state index < -0.39 is 0 Å². The zero-order valence-electron chi connectivity index (χ0n) is 12.0. The van der Waals surface area contributed by atoms with Gasteiger partial charge in [0.1, 0.15) is 0 Å². The van der Waals surface area contributed by atoms with Crippen molar-refractivity contribution < 1.29 is 4.79 Å². The fourth-order valence-corrected chi connectivity index (χ4v) is 4.43. The molecule has 3 rings (SSSR count). The Labute approximate surface area is 110 Å². The summed E-state index contributed by atoms with van der Waals surface area (Å²) in [6, 6.07) is 0. The van der Waals surface area contributed by atoms with Crippen LogP contribution in [0.1, 0.15) is 52.9 Å². The van der Waals surface area contributed by atoms with E-state index in [1.165, 1.54) is 25.7 Å². The Balaban J connectivity index is 1.88. The Bertz CT molecular complexity index is 360. The number of hydrogen-bond acceptors (Lipinski definition) is 2. The van der Waals surface area contributed by atoms with E-state index in [1.807, 2.05) is 0 Å². The largest absolute Gasteiger partial charge is 0.340 e. The topological polar surface area (TPSA) is 32.3 Å². The van der Waals surface area contributed by atoms with E-state index >= 15 is 0 Å². The molecule has 1 aliphatic carbocycles. The van der Waals surface area contributed by atoms with Gasteiger partial charge in [0.15, 0.2) is 0 Å². The van der Waals surface area contributed by atoms with Crippen LogP contribution in [0.15, 0.2) is 0 Å². The van der Waals surface area contributed by atoms with E-state index in [-0.39, 0.29) is 16.7 Å². The number of carbonyl (C=O) groups is 1. The highest BCUT2D eigenvalue weighted by atomic mass is 16.2. The first-order valence-corrected chi connectivity index (χ1v) is 7.52. The van der Waals surface area contributed by atoms with Gasteiger partial charge in [-0.25, -0.2) is 0 Å². The van der Waals surface area contributed by atoms with E-state index in [1.54, 1.807) is 0 Å². The zero-order valence-corrected chi connectivity index (χ0v) is 12.0. The van der Waals surface area contributed by atoms with Crippen LogP contribution in [0.4, 0.5) is 0 Å². The van der Waals surface area contributed by atoms with Gasteiger partial charge in [0.2, 0.25) is 5.91 Å². The third-order valence-electron chi connectivity index (χ3n) is 6.25. The summed E-state index contributed by atoms with van der Waals surface area (Å²) in [4.78, 5) is 15.0. The van der Waals surface area contributed by atoms with E-state index in [0.717, 1.165) is 19.5 Å². The van der Waals surface area contributed by atoms with Gasteiger partial charge in [0.05, 0.1) is 11.6 Å². The predicted octanol–water partition coefficient (Wildman–Crippen LogP) is 2.37. The van der Waals surface area contributed by atoms with E-state index in [9.17, 15) is 4.79 Å². The summed E-state index contributed by atoms with van der Waals surface area (Å²) in [5.74, 6) is 0.912. The highest BCUT2D eigenvalue weighted by Gasteiger charge is 2.62. The van der Waals surface area contributed by atoms with Crippen LogP contribution in [0.2, 0.25) is 0 Å². The first kappa shape index (κ1) is 12.5. The van der Waals surface area contributed by atoms with Crippen LogP contribution in [-0.2, 0) is 4.79 Å². The third-order valence-corrected chi connectivity index (χ3v) is 6.25. The molecule has 3 aliphatic rings. The standard InChI is InChI=1S/C15H26N2O/c1-14(2)11-7-8-15(14,3)13(18)16-12(11)17-9-5-4-6-10-17/h11-12H,4-10H2,1-3H3,(H,16,18)/t11-,12-,15-/m1/s1. The molecular formula is C15H26N2O. The normalized spacial score (nSPS) is 43.8. The molecule has 0 unspecified atom stereocenters. The van der Waals surface area contributed by atoms with Crippen LogP contribution in [0.5, 0.6) is 0 Å². The number of carbonyl (C=O) groups excluding carboxylic acids is 1. The van der Waals surface area contributed by atoms with Gasteiger partial charge >= 0.3 is 0 Å². The molecule has 1 amide bonds. The van der Waals surface area contributed by atoms with Gasteiger partial charge in [-0.3, -0.25) is 9.69 Å². The smallest absolute Gasteiger partial charge is 0.227 e. The second kappa shape index (κ2) is 3.96. The van der Waals surface area contributed by atoms with Crippen molar-refractivity contribution in [3.05, 3.63) is 0 Å². The van der Waals surface area contributed by atoms with Gasteiger partial charge in [-0.05, 0) is 37.0 Å². The molecule has 3 fully saturated rings. The van der Waals surface area contributed by atoms with Crippen molar-refractivity contribution in [1.29, 1.82) is 0 Å². The van der Waals surface area contributed by atoms with Crippen molar-refractivity contribution in [3.63, 3.8) is 0 Å². The molecule has 2 heterocycles. The van der Waals surface area contributed by atoms with Gasteiger partial charge < -0.3 is 5.32 Å². The highest BCUT2D eigenvalue weighted by Crippen LogP contribution is 2.59. The average molecular weight is 250 g/mol. The summed E-state index contributed by atoms with van der Waals surface area (Å²) >= 11 is 0. The first-order valence-electron chi connectivity index (χ1n) is 7.52. The predicted molar refractivity (Wildman–Crippen MR) is 72.0 cm³/mol. The van der Waals surface area contributed by atoms with Crippen molar-refractivity contribution in [3.8, 4) is 0 Å². The lowest BCUT2D eigenvalue weighted by Crippen LogP contribution is -2.64. The molecule has 0 aromatic carbocycles. The molecule has 0 aromatic rings. The summed E-state index contributed by atoms with van der Waals surface area (Å²) in [7, 11) is 0. The number of nitrogens with zero attached hydrogens (tertiary/aromatic N) is 1. The SMILES string of the molecule is CC1(C)[C@@H]2CC[C@]1(C)C(=O)N[C@@H]2N1CCCCC1. The van der Waals surface area contributed by atoms with Gasteiger partial charge in [0.25, 0.3) is 0 Å². The monoisotopic (exact) mass is 250 g/mol. The summed E-state index contributed by atoms with van der Waals surface area (Å²) in [6.45, 7) is 9.10. The second-order valence-electron chi connectivity index (χ2n) is 7.21. The minimum absolute atomic E-state index is 0.136. The number of piperidine rings is 2. The molecule has 0 radical (unpaired) electrons.